The molecule has 0 saturated heterocycles. The van der Waals surface area contributed by atoms with Gasteiger partial charge in [0.15, 0.2) is 0 Å². The minimum Gasteiger partial charge on any atom is -0.429 e. The van der Waals surface area contributed by atoms with E-state index in [1.54, 1.807) is 6.08 Å². The zero-order chi connectivity index (χ0) is 9.90. The van der Waals surface area contributed by atoms with Gasteiger partial charge in [-0.15, -0.1) is 0 Å². The van der Waals surface area contributed by atoms with Crippen LogP contribution in [0.1, 0.15) is 20.3 Å². The Morgan fingerprint density at radius 1 is 1.31 bits per heavy atom. The number of esters is 2. The van der Waals surface area contributed by atoms with Crippen molar-refractivity contribution < 1.29 is 23.8 Å². The molecule has 0 fully saturated rings. The highest BCUT2D eigenvalue weighted by Crippen LogP contribution is 2.26. The predicted octanol–water partition coefficient (Wildman–Crippen LogP) is 0.700. The van der Waals surface area contributed by atoms with Crippen molar-refractivity contribution in [1.29, 1.82) is 0 Å². The highest BCUT2D eigenvalue weighted by molar-refractivity contribution is 5.68. The van der Waals surface area contributed by atoms with Crippen molar-refractivity contribution in [2.24, 2.45) is 0 Å². The summed E-state index contributed by atoms with van der Waals surface area (Å²) in [6.07, 6.45) is 3.14. The van der Waals surface area contributed by atoms with Crippen LogP contribution in [0.4, 0.5) is 0 Å². The molecule has 0 aromatic rings. The average molecular weight is 186 g/mol. The second-order valence-electron chi connectivity index (χ2n) is 2.56. The van der Waals surface area contributed by atoms with Crippen LogP contribution in [0.25, 0.3) is 0 Å². The van der Waals surface area contributed by atoms with E-state index in [1.807, 2.05) is 0 Å². The van der Waals surface area contributed by atoms with Crippen LogP contribution in [0.3, 0.4) is 0 Å². The molecule has 0 bridgehead atoms. The summed E-state index contributed by atoms with van der Waals surface area (Å²) in [5.41, 5.74) is 0. The van der Waals surface area contributed by atoms with Crippen molar-refractivity contribution in [2.75, 3.05) is 0 Å². The molecule has 0 aromatic heterocycles. The minimum atomic E-state index is -1.57. The third kappa shape index (κ3) is 2.47. The Balaban J connectivity index is 2.64. The molecule has 0 spiro atoms. The zero-order valence-electron chi connectivity index (χ0n) is 7.40. The largest absolute Gasteiger partial charge is 0.429 e. The Morgan fingerprint density at radius 2 is 1.85 bits per heavy atom. The zero-order valence-corrected chi connectivity index (χ0v) is 7.40. The van der Waals surface area contributed by atoms with Crippen LogP contribution in [0, 0.1) is 0 Å². The lowest BCUT2D eigenvalue weighted by Crippen LogP contribution is -2.38. The van der Waals surface area contributed by atoms with Crippen molar-refractivity contribution >= 4 is 11.9 Å². The summed E-state index contributed by atoms with van der Waals surface area (Å²) in [4.78, 5) is 21.3. The van der Waals surface area contributed by atoms with Gasteiger partial charge in [0.2, 0.25) is 0 Å². The molecule has 1 heterocycles. The van der Waals surface area contributed by atoms with Crippen molar-refractivity contribution in [3.63, 3.8) is 0 Å². The molecule has 0 amide bonds. The molecule has 1 rings (SSSR count). The van der Waals surface area contributed by atoms with Gasteiger partial charge >= 0.3 is 17.9 Å². The molecule has 0 saturated carbocycles. The molecule has 0 atom stereocenters. The topological polar surface area (TPSA) is 61.8 Å². The molecule has 0 N–H and O–H groups in total. The van der Waals surface area contributed by atoms with Gasteiger partial charge in [-0.2, -0.15) is 0 Å². The van der Waals surface area contributed by atoms with Gasteiger partial charge in [-0.3, -0.25) is 9.59 Å². The lowest BCUT2D eigenvalue weighted by Gasteiger charge is -2.25. The minimum absolute atomic E-state index is 0.214. The first kappa shape index (κ1) is 9.57. The number of hydrogen-bond acceptors (Lipinski definition) is 5. The monoisotopic (exact) mass is 186 g/mol. The fourth-order valence-electron chi connectivity index (χ4n) is 0.983. The smallest absolute Gasteiger partial charge is 0.424 e. The Morgan fingerprint density at radius 3 is 2.15 bits per heavy atom. The second kappa shape index (κ2) is 3.47. The van der Waals surface area contributed by atoms with Gasteiger partial charge in [0.1, 0.15) is 0 Å². The Labute approximate surface area is 75.3 Å². The van der Waals surface area contributed by atoms with Gasteiger partial charge in [-0.1, -0.05) is 0 Å². The van der Waals surface area contributed by atoms with Gasteiger partial charge in [0.25, 0.3) is 0 Å². The van der Waals surface area contributed by atoms with Crippen molar-refractivity contribution in [3.8, 4) is 0 Å². The van der Waals surface area contributed by atoms with Crippen LogP contribution in [-0.4, -0.2) is 17.9 Å². The molecule has 72 valence electrons. The summed E-state index contributed by atoms with van der Waals surface area (Å²) in [6, 6.07) is 0. The molecular weight excluding hydrogens is 176 g/mol. The maximum absolute atomic E-state index is 10.7. The number of carbonyl (C=O) groups excluding carboxylic acids is 2. The van der Waals surface area contributed by atoms with E-state index >= 15 is 0 Å². The number of rotatable bonds is 2. The normalized spacial score (nSPS) is 17.7. The van der Waals surface area contributed by atoms with E-state index in [0.29, 0.717) is 0 Å². The molecule has 5 nitrogen and oxygen atoms in total. The summed E-state index contributed by atoms with van der Waals surface area (Å²) in [7, 11) is 0. The van der Waals surface area contributed by atoms with E-state index in [-0.39, 0.29) is 6.42 Å². The fourth-order valence-corrected chi connectivity index (χ4v) is 0.983. The van der Waals surface area contributed by atoms with Gasteiger partial charge in [0, 0.05) is 13.8 Å². The van der Waals surface area contributed by atoms with E-state index in [0.717, 1.165) is 0 Å². The molecule has 1 aliphatic heterocycles. The molecule has 0 aliphatic carbocycles. The molecule has 5 heteroatoms. The van der Waals surface area contributed by atoms with E-state index in [4.69, 9.17) is 14.2 Å². The van der Waals surface area contributed by atoms with Crippen LogP contribution in [-0.2, 0) is 23.8 Å². The first-order valence-electron chi connectivity index (χ1n) is 3.76. The summed E-state index contributed by atoms with van der Waals surface area (Å²) in [5, 5.41) is 0. The molecule has 1 aliphatic rings. The van der Waals surface area contributed by atoms with Crippen molar-refractivity contribution in [1.82, 2.24) is 0 Å². The molecular formula is C8H10O5. The quantitative estimate of drug-likeness (QED) is 0.469. The van der Waals surface area contributed by atoms with Crippen LogP contribution in [0.2, 0.25) is 0 Å². The second-order valence-corrected chi connectivity index (χ2v) is 2.56. The Hall–Kier alpha value is -1.52. The van der Waals surface area contributed by atoms with Crippen molar-refractivity contribution in [3.05, 3.63) is 12.3 Å². The van der Waals surface area contributed by atoms with Crippen LogP contribution >= 0.6 is 0 Å². The Kier molecular flexibility index (Phi) is 2.55. The molecule has 13 heavy (non-hydrogen) atoms. The summed E-state index contributed by atoms with van der Waals surface area (Å²) in [6.45, 7) is 2.43. The highest BCUT2D eigenvalue weighted by atomic mass is 16.9. The van der Waals surface area contributed by atoms with Crippen molar-refractivity contribution in [2.45, 2.75) is 26.2 Å². The van der Waals surface area contributed by atoms with E-state index < -0.39 is 17.9 Å². The molecule has 0 radical (unpaired) electrons. The van der Waals surface area contributed by atoms with E-state index in [1.165, 1.54) is 20.1 Å². The Bertz CT molecular complexity index is 229. The first-order chi connectivity index (χ1) is 6.04. The van der Waals surface area contributed by atoms with Crippen LogP contribution in [0.5, 0.6) is 0 Å². The number of carbonyl (C=O) groups is 2. The van der Waals surface area contributed by atoms with Crippen LogP contribution in [0.15, 0.2) is 12.3 Å². The van der Waals surface area contributed by atoms with Crippen LogP contribution < -0.4 is 0 Å². The maximum atomic E-state index is 10.7. The summed E-state index contributed by atoms with van der Waals surface area (Å²) in [5.74, 6) is -2.70. The lowest BCUT2D eigenvalue weighted by molar-refractivity contribution is -0.315. The SMILES string of the molecule is CC(=O)OC1(OC(C)=O)CC=CO1. The molecule has 0 unspecified atom stereocenters. The lowest BCUT2D eigenvalue weighted by atomic mass is 10.4. The standard InChI is InChI=1S/C8H10O5/c1-6(9)12-8(13-7(2)10)4-3-5-11-8/h3,5H,4H2,1-2H3. The number of ether oxygens (including phenoxy) is 3. The first-order valence-corrected chi connectivity index (χ1v) is 3.76. The van der Waals surface area contributed by atoms with E-state index in [9.17, 15) is 9.59 Å². The van der Waals surface area contributed by atoms with E-state index in [2.05, 4.69) is 0 Å². The molecule has 0 aromatic carbocycles. The fraction of sp³-hybridized carbons (Fsp3) is 0.500. The predicted molar refractivity (Wildman–Crippen MR) is 41.1 cm³/mol. The third-order valence-electron chi connectivity index (χ3n) is 1.31. The van der Waals surface area contributed by atoms with Gasteiger partial charge < -0.3 is 14.2 Å². The van der Waals surface area contributed by atoms with Gasteiger partial charge in [-0.25, -0.2) is 0 Å². The van der Waals surface area contributed by atoms with Gasteiger partial charge in [0.05, 0.1) is 12.7 Å². The summed E-state index contributed by atoms with van der Waals surface area (Å²) >= 11 is 0. The summed E-state index contributed by atoms with van der Waals surface area (Å²) < 4.78 is 14.4. The average Bonchev–Trinajstić information content (AvgIpc) is 2.33. The third-order valence-corrected chi connectivity index (χ3v) is 1.31. The maximum Gasteiger partial charge on any atom is 0.424 e. The van der Waals surface area contributed by atoms with Gasteiger partial charge in [-0.05, 0) is 6.08 Å². The number of hydrogen-bond donors (Lipinski definition) is 0. The highest BCUT2D eigenvalue weighted by Gasteiger charge is 2.41.